The predicted molar refractivity (Wildman–Crippen MR) is 121 cm³/mol. The highest BCUT2D eigenvalue weighted by Crippen LogP contribution is 2.25. The van der Waals surface area contributed by atoms with Crippen LogP contribution in [0.2, 0.25) is 5.02 Å². The van der Waals surface area contributed by atoms with E-state index in [9.17, 15) is 0 Å². The quantitative estimate of drug-likeness (QED) is 0.571. The normalized spacial score (nSPS) is 14.0. The van der Waals surface area contributed by atoms with Crippen molar-refractivity contribution in [1.82, 2.24) is 15.3 Å². The number of nitrogens with zero attached hydrogens (tertiary/aromatic N) is 3. The van der Waals surface area contributed by atoms with Crippen LogP contribution >= 0.6 is 11.6 Å². The second kappa shape index (κ2) is 8.68. The summed E-state index contributed by atoms with van der Waals surface area (Å²) in [5, 5.41) is 10.8. The molecule has 0 unspecified atom stereocenters. The summed E-state index contributed by atoms with van der Waals surface area (Å²) in [5.41, 5.74) is 5.13. The first-order valence-electron chi connectivity index (χ1n) is 9.78. The maximum atomic E-state index is 6.12. The first-order valence-corrected chi connectivity index (χ1v) is 10.2. The number of benzene rings is 2. The molecular weight excluding hydrogens is 384 g/mol. The molecule has 1 aliphatic rings. The molecule has 1 aliphatic heterocycles. The van der Waals surface area contributed by atoms with Crippen LogP contribution in [0.3, 0.4) is 0 Å². The maximum absolute atomic E-state index is 6.12. The van der Waals surface area contributed by atoms with E-state index >= 15 is 0 Å². The van der Waals surface area contributed by atoms with Crippen LogP contribution in [-0.4, -0.2) is 36.1 Å². The van der Waals surface area contributed by atoms with Crippen LogP contribution in [0.1, 0.15) is 11.1 Å². The van der Waals surface area contributed by atoms with Gasteiger partial charge in [-0.25, -0.2) is 4.98 Å². The third kappa shape index (κ3) is 4.78. The molecule has 1 aromatic heterocycles. The summed E-state index contributed by atoms with van der Waals surface area (Å²) in [4.78, 5) is 11.4. The van der Waals surface area contributed by atoms with Gasteiger partial charge in [-0.2, -0.15) is 4.98 Å². The molecule has 3 aromatic rings. The lowest BCUT2D eigenvalue weighted by Crippen LogP contribution is -2.43. The highest BCUT2D eigenvalue weighted by Gasteiger charge is 2.10. The molecule has 0 spiro atoms. The highest BCUT2D eigenvalue weighted by molar-refractivity contribution is 6.31. The number of nitrogens with one attached hydrogen (secondary N) is 3. The fourth-order valence-corrected chi connectivity index (χ4v) is 3.41. The number of aryl methyl sites for hydroxylation is 2. The van der Waals surface area contributed by atoms with E-state index < -0.39 is 0 Å². The minimum atomic E-state index is 0.554. The Morgan fingerprint density at radius 1 is 0.931 bits per heavy atom. The minimum Gasteiger partial charge on any atom is -0.369 e. The molecule has 6 nitrogen and oxygen atoms in total. The molecule has 0 saturated carbocycles. The van der Waals surface area contributed by atoms with Gasteiger partial charge in [0, 0.05) is 60.0 Å². The van der Waals surface area contributed by atoms with Crippen LogP contribution in [0.25, 0.3) is 0 Å². The topological polar surface area (TPSA) is 65.1 Å². The van der Waals surface area contributed by atoms with Gasteiger partial charge in [-0.3, -0.25) is 0 Å². The molecule has 1 fully saturated rings. The average Bonchev–Trinajstić information content (AvgIpc) is 2.74. The van der Waals surface area contributed by atoms with Gasteiger partial charge in [0.2, 0.25) is 5.95 Å². The van der Waals surface area contributed by atoms with Gasteiger partial charge < -0.3 is 20.9 Å². The van der Waals surface area contributed by atoms with Crippen molar-refractivity contribution in [2.45, 2.75) is 13.8 Å². The Morgan fingerprint density at radius 2 is 1.66 bits per heavy atom. The monoisotopic (exact) mass is 408 g/mol. The Bertz CT molecular complexity index is 983. The van der Waals surface area contributed by atoms with Gasteiger partial charge in [0.05, 0.1) is 0 Å². The van der Waals surface area contributed by atoms with E-state index in [2.05, 4.69) is 55.1 Å². The van der Waals surface area contributed by atoms with Gasteiger partial charge >= 0.3 is 0 Å². The van der Waals surface area contributed by atoms with Gasteiger partial charge in [-0.15, -0.1) is 0 Å². The van der Waals surface area contributed by atoms with Crippen LogP contribution in [0, 0.1) is 13.8 Å². The van der Waals surface area contributed by atoms with E-state index in [1.807, 2.05) is 38.2 Å². The Morgan fingerprint density at radius 3 is 2.38 bits per heavy atom. The van der Waals surface area contributed by atoms with Gasteiger partial charge in [0.25, 0.3) is 0 Å². The number of hydrogen-bond acceptors (Lipinski definition) is 6. The van der Waals surface area contributed by atoms with Crippen LogP contribution < -0.4 is 20.9 Å². The number of hydrogen-bond donors (Lipinski definition) is 3. The molecular formula is C22H25ClN6. The smallest absolute Gasteiger partial charge is 0.229 e. The van der Waals surface area contributed by atoms with Crippen molar-refractivity contribution in [3.63, 3.8) is 0 Å². The second-order valence-electron chi connectivity index (χ2n) is 7.22. The Balaban J connectivity index is 1.47. The van der Waals surface area contributed by atoms with Crippen molar-refractivity contribution >= 4 is 40.4 Å². The fraction of sp³-hybridized carbons (Fsp3) is 0.273. The third-order valence-electron chi connectivity index (χ3n) is 5.00. The highest BCUT2D eigenvalue weighted by atomic mass is 35.5. The molecule has 0 aliphatic carbocycles. The van der Waals surface area contributed by atoms with E-state index in [-0.39, 0.29) is 0 Å². The summed E-state index contributed by atoms with van der Waals surface area (Å²) < 4.78 is 0. The first-order chi connectivity index (χ1) is 14.1. The molecule has 0 bridgehead atoms. The van der Waals surface area contributed by atoms with Crippen LogP contribution in [0.4, 0.5) is 28.8 Å². The van der Waals surface area contributed by atoms with E-state index in [1.165, 1.54) is 5.69 Å². The Kier molecular flexibility index (Phi) is 5.83. The minimum absolute atomic E-state index is 0.554. The van der Waals surface area contributed by atoms with Crippen LogP contribution in [-0.2, 0) is 0 Å². The summed E-state index contributed by atoms with van der Waals surface area (Å²) in [6.45, 7) is 8.09. The molecule has 0 amide bonds. The number of rotatable bonds is 5. The molecule has 1 saturated heterocycles. The van der Waals surface area contributed by atoms with E-state index in [0.717, 1.165) is 59.5 Å². The predicted octanol–water partition coefficient (Wildman–Crippen LogP) is 4.64. The molecule has 3 N–H and O–H groups in total. The van der Waals surface area contributed by atoms with Crippen molar-refractivity contribution in [3.8, 4) is 0 Å². The molecule has 7 heteroatoms. The summed E-state index contributed by atoms with van der Waals surface area (Å²) in [6.07, 6.45) is 1.82. The standard InChI is InChI=1S/C22H25ClN6/c1-15-13-18(5-8-20(15)23)26-21-16(2)14-25-22(28-21)27-17-3-6-19(7-4-17)29-11-9-24-10-12-29/h3-8,13-14,24H,9-12H2,1-2H3,(H2,25,26,27,28). The lowest BCUT2D eigenvalue weighted by Gasteiger charge is -2.29. The lowest BCUT2D eigenvalue weighted by atomic mass is 10.2. The SMILES string of the molecule is Cc1cc(Nc2nc(Nc3ccc(N4CCNCC4)cc3)ncc2C)ccc1Cl. The van der Waals surface area contributed by atoms with Gasteiger partial charge in [-0.05, 0) is 61.9 Å². The zero-order valence-electron chi connectivity index (χ0n) is 16.7. The van der Waals surface area contributed by atoms with Crippen LogP contribution in [0.15, 0.2) is 48.7 Å². The van der Waals surface area contributed by atoms with Crippen molar-refractivity contribution in [2.75, 3.05) is 41.7 Å². The molecule has 0 atom stereocenters. The summed E-state index contributed by atoms with van der Waals surface area (Å²) in [7, 11) is 0. The largest absolute Gasteiger partial charge is 0.369 e. The molecule has 2 heterocycles. The molecule has 0 radical (unpaired) electrons. The van der Waals surface area contributed by atoms with E-state index in [0.29, 0.717) is 5.95 Å². The molecule has 4 rings (SSSR count). The maximum Gasteiger partial charge on any atom is 0.229 e. The van der Waals surface area contributed by atoms with Gasteiger partial charge in [-0.1, -0.05) is 11.6 Å². The van der Waals surface area contributed by atoms with Crippen molar-refractivity contribution in [2.24, 2.45) is 0 Å². The zero-order chi connectivity index (χ0) is 20.2. The Hall–Kier alpha value is -2.83. The van der Waals surface area contributed by atoms with Gasteiger partial charge in [0.1, 0.15) is 5.82 Å². The summed E-state index contributed by atoms with van der Waals surface area (Å²) >= 11 is 6.12. The number of aromatic nitrogens is 2. The van der Waals surface area contributed by atoms with Crippen molar-refractivity contribution < 1.29 is 0 Å². The first kappa shape index (κ1) is 19.5. The summed E-state index contributed by atoms with van der Waals surface area (Å²) in [5.74, 6) is 1.32. The third-order valence-corrected chi connectivity index (χ3v) is 5.42. The van der Waals surface area contributed by atoms with Crippen LogP contribution in [0.5, 0.6) is 0 Å². The molecule has 150 valence electrons. The Labute approximate surface area is 176 Å². The number of piperazine rings is 1. The molecule has 29 heavy (non-hydrogen) atoms. The van der Waals surface area contributed by atoms with E-state index in [1.54, 1.807) is 0 Å². The number of anilines is 5. The lowest BCUT2D eigenvalue weighted by molar-refractivity contribution is 0.589. The summed E-state index contributed by atoms with van der Waals surface area (Å²) in [6, 6.07) is 14.2. The second-order valence-corrected chi connectivity index (χ2v) is 7.63. The molecule has 2 aromatic carbocycles. The van der Waals surface area contributed by atoms with Crippen molar-refractivity contribution in [1.29, 1.82) is 0 Å². The fourth-order valence-electron chi connectivity index (χ4n) is 3.30. The number of halogens is 1. The average molecular weight is 409 g/mol. The van der Waals surface area contributed by atoms with Crippen molar-refractivity contribution in [3.05, 3.63) is 64.8 Å². The van der Waals surface area contributed by atoms with E-state index in [4.69, 9.17) is 11.6 Å². The van der Waals surface area contributed by atoms with Gasteiger partial charge in [0.15, 0.2) is 0 Å². The zero-order valence-corrected chi connectivity index (χ0v) is 17.4.